The van der Waals surface area contributed by atoms with Crippen LogP contribution in [0, 0.1) is 70.0 Å². The van der Waals surface area contributed by atoms with Crippen molar-refractivity contribution in [3.63, 3.8) is 0 Å². The molecular weight excluding hydrogens is 1860 g/mol. The van der Waals surface area contributed by atoms with Crippen LogP contribution in [0.15, 0.2) is 71.5 Å². The first-order chi connectivity index (χ1) is 65.8. The van der Waals surface area contributed by atoms with Gasteiger partial charge < -0.3 is 124 Å². The van der Waals surface area contributed by atoms with Crippen LogP contribution in [0.1, 0.15) is 221 Å². The SMILES string of the molecule is C=CC#N.CC[C@H]1OC(=O)[C@H](C)[C@@H](O[C@H]2C[C@@](C)(OC)[C@@H](O)[C@H](C)O2)[C@H](C)[C@@H](O[C@@H]2O[C@H](C)C[C@H](N(C)C)[C@H]2OC(C)=O)[C@](C)(OC)C[C@@H](C)/C(=N\OCc2ccccc2Cl)[C@H](C)[C@H]2OC(=O)O[C@@]21C.CC[C@H]1OC(=O)[C@H](C)[C@@H](O[C@H]2C[C@@](C)(OC)[C@@H](OCCC#N)[C@H](C)O2)[C@H](C)[C@@H](O[C@@H]2O[C@H](C)C[C@H](N(C)C)[C@H]2OC(C)=O)[C@](C)(OC)C[C@@H](C)/C(=N\OCc2ccccc2Cl)[C@H](C)[C@H]2OC(=O)O[C@@]21C. The maximum absolute atomic E-state index is 15.0. The summed E-state index contributed by atoms with van der Waals surface area (Å²) in [6, 6.07) is 17.8. The topological polar surface area (TPSA) is 414 Å². The third-order valence-corrected chi connectivity index (χ3v) is 30.1. The molecular formula is C102H156Cl2N6O30. The number of ether oxygens (including phenoxy) is 21. The Balaban J connectivity index is 0.000000331. The van der Waals surface area contributed by atoms with E-state index in [9.17, 15) is 39.1 Å². The van der Waals surface area contributed by atoms with Crippen molar-refractivity contribution in [1.82, 2.24) is 9.80 Å². The Bertz CT molecular complexity index is 4560. The molecule has 8 aliphatic heterocycles. The van der Waals surface area contributed by atoms with Gasteiger partial charge in [0, 0.05) is 118 Å². The lowest BCUT2D eigenvalue weighted by Crippen LogP contribution is -2.62. The first-order valence-corrected chi connectivity index (χ1v) is 49.4. The third-order valence-electron chi connectivity index (χ3n) is 29.3. The molecule has 8 heterocycles. The molecule has 10 rings (SSSR count). The zero-order chi connectivity index (χ0) is 104. The fourth-order valence-corrected chi connectivity index (χ4v) is 21.9. The van der Waals surface area contributed by atoms with E-state index in [0.717, 1.165) is 0 Å². The summed E-state index contributed by atoms with van der Waals surface area (Å²) in [4.78, 5) is 98.0. The predicted octanol–water partition coefficient (Wildman–Crippen LogP) is 15.3. The van der Waals surface area contributed by atoms with E-state index in [1.807, 2.05) is 171 Å². The minimum absolute atomic E-state index is 0.0375. The van der Waals surface area contributed by atoms with Crippen LogP contribution in [0.5, 0.6) is 0 Å². The maximum Gasteiger partial charge on any atom is 0.509 e. The highest BCUT2D eigenvalue weighted by Crippen LogP contribution is 2.49. The molecule has 2 aromatic carbocycles. The fourth-order valence-electron chi connectivity index (χ4n) is 21.5. The van der Waals surface area contributed by atoms with Crippen molar-refractivity contribution in [2.75, 3.05) is 63.2 Å². The minimum Gasteiger partial charge on any atom is -0.458 e. The second-order valence-electron chi connectivity index (χ2n) is 40.3. The number of halogens is 2. The molecule has 36 nitrogen and oxygen atoms in total. The molecule has 0 spiro atoms. The van der Waals surface area contributed by atoms with Crippen LogP contribution in [-0.4, -0.2) is 294 Å². The van der Waals surface area contributed by atoms with E-state index >= 15 is 0 Å². The first kappa shape index (κ1) is 118. The van der Waals surface area contributed by atoms with Gasteiger partial charge in [-0.1, -0.05) is 132 Å². The predicted molar refractivity (Wildman–Crippen MR) is 515 cm³/mol. The van der Waals surface area contributed by atoms with Crippen LogP contribution >= 0.6 is 23.2 Å². The molecule has 38 heteroatoms. The number of carbonyl (C=O) groups is 6. The van der Waals surface area contributed by atoms with Gasteiger partial charge in [-0.25, -0.2) is 9.59 Å². The number of aliphatic hydroxyl groups excluding tert-OH is 1. The summed E-state index contributed by atoms with van der Waals surface area (Å²) < 4.78 is 135. The number of nitriles is 2. The van der Waals surface area contributed by atoms with Crippen molar-refractivity contribution in [3.8, 4) is 12.1 Å². The van der Waals surface area contributed by atoms with Gasteiger partial charge in [0.25, 0.3) is 0 Å². The van der Waals surface area contributed by atoms with Crippen molar-refractivity contribution < 1.29 is 143 Å². The summed E-state index contributed by atoms with van der Waals surface area (Å²) >= 11 is 13.0. The van der Waals surface area contributed by atoms with Crippen LogP contribution < -0.4 is 0 Å². The molecule has 1 N–H and O–H groups in total. The summed E-state index contributed by atoms with van der Waals surface area (Å²) in [7, 11) is 13.9. The van der Waals surface area contributed by atoms with Gasteiger partial charge in [0.2, 0.25) is 0 Å². The van der Waals surface area contributed by atoms with Gasteiger partial charge in [0.05, 0.1) is 132 Å². The number of oxime groups is 2. The van der Waals surface area contributed by atoms with Gasteiger partial charge in [-0.05, 0) is 162 Å². The number of rotatable bonds is 27. The highest BCUT2D eigenvalue weighted by molar-refractivity contribution is 6.31. The Morgan fingerprint density at radius 2 is 0.886 bits per heavy atom. The molecule has 0 bridgehead atoms. The number of carbonyl (C=O) groups excluding carboxylic acids is 6. The number of fused-ring (bicyclic) bond motifs is 2. The van der Waals surface area contributed by atoms with E-state index in [-0.39, 0.29) is 89.1 Å². The average molecular weight is 2020 g/mol. The average Bonchev–Trinajstić information content (AvgIpc) is 1.45. The van der Waals surface area contributed by atoms with Crippen molar-refractivity contribution >= 4 is 70.8 Å². The van der Waals surface area contributed by atoms with Crippen LogP contribution in [0.3, 0.4) is 0 Å². The lowest BCUT2D eigenvalue weighted by atomic mass is 9.73. The normalized spacial score (nSPS) is 40.1. The Kier molecular flexibility index (Phi) is 43.3. The van der Waals surface area contributed by atoms with E-state index in [2.05, 4.69) is 12.6 Å². The molecule has 140 heavy (non-hydrogen) atoms. The Labute approximate surface area is 837 Å². The summed E-state index contributed by atoms with van der Waals surface area (Å²) in [6.45, 7) is 42.9. The molecule has 0 unspecified atom stereocenters. The summed E-state index contributed by atoms with van der Waals surface area (Å²) in [5.74, 6) is -8.12. The largest absolute Gasteiger partial charge is 0.509 e. The summed E-state index contributed by atoms with van der Waals surface area (Å²) in [5, 5.41) is 38.5. The van der Waals surface area contributed by atoms with Gasteiger partial charge in [0.15, 0.2) is 60.8 Å². The van der Waals surface area contributed by atoms with E-state index in [1.165, 1.54) is 27.0 Å². The Morgan fingerprint density at radius 3 is 1.23 bits per heavy atom. The highest BCUT2D eigenvalue weighted by atomic mass is 35.5. The molecule has 8 aliphatic rings. The van der Waals surface area contributed by atoms with Gasteiger partial charge in [0.1, 0.15) is 37.6 Å². The lowest BCUT2D eigenvalue weighted by Gasteiger charge is -2.50. The summed E-state index contributed by atoms with van der Waals surface area (Å²) in [6.07, 6.45) is -15.4. The number of likely N-dealkylation sites (N-methyl/N-ethyl adjacent to an activating group) is 2. The molecule has 8 saturated heterocycles. The number of cyclic esters (lactones) is 2. The van der Waals surface area contributed by atoms with Gasteiger partial charge >= 0.3 is 36.2 Å². The number of allylic oxidation sites excluding steroid dienone is 1. The lowest BCUT2D eigenvalue weighted by molar-refractivity contribution is -0.322. The van der Waals surface area contributed by atoms with E-state index in [1.54, 1.807) is 81.1 Å². The van der Waals surface area contributed by atoms with Crippen molar-refractivity contribution in [3.05, 3.63) is 82.4 Å². The molecule has 0 aromatic heterocycles. The zero-order valence-corrected chi connectivity index (χ0v) is 88.9. The number of esters is 4. The van der Waals surface area contributed by atoms with Crippen LogP contribution in [0.25, 0.3) is 0 Å². The standard InChI is InChI=1S/C51H78ClN3O15.C48H75ClN2O15.C3H3N/c1-16-38-51(11)44(69-48(58)70-51)30(4)40(54-62-27-35-20-17-18-21-36(35)52)28(2)25-49(9,59-14)43(68-47-42(65-34(8)56)37(55(12)13)24-29(3)63-47)31(5)41(32(6)46(57)66-38)67-39-26-50(10,60-15)45(33(7)64-39)61-23-19-22-53;1-16-35-48(11)42(65-45(55)66-48)27(4)37(50-58-24-32-19-17-18-20-33(32)49)25(2)22-47(10,57-15)41(64-44-39(61-31(8)52)34(51(12)13)21-26(3)59-44)28(5)38(29(6)43(54)62-35)63-36-23-46(9,56-14)40(53)30(7)60-36;1-2-3-4/h17-18,20-21,28-33,37-39,41-45,47H,16,19,23-27H2,1-15H3;17-20,25-30,34-36,38-42,44,53H,16,21-24H2,1-15H3;2H,1H2/b54-40+;50-37+;/t28-,29-,30+,31+,32-,33+,37+,38-,39+,41+,42-,43-,44-,45+,47+,49-,50-,51-;25-,26-,27+,28+,29-,30+,34+,35-,36+,38+,39-,40+,41-,42-,44+,46-,47-,48-;/m11./s1. The molecule has 36 atom stereocenters. The molecule has 0 radical (unpaired) electrons. The maximum atomic E-state index is 15.0. The number of benzene rings is 2. The second kappa shape index (κ2) is 51.5. The number of aliphatic hydroxyl groups is 1. The van der Waals surface area contributed by atoms with Gasteiger partial charge in [-0.2, -0.15) is 10.5 Å². The van der Waals surface area contributed by atoms with Crippen LogP contribution in [-0.2, 0) is 142 Å². The van der Waals surface area contributed by atoms with Gasteiger partial charge in [-0.3, -0.25) is 19.2 Å². The van der Waals surface area contributed by atoms with Crippen molar-refractivity contribution in [1.29, 1.82) is 10.5 Å². The highest BCUT2D eigenvalue weighted by Gasteiger charge is 2.63. The van der Waals surface area contributed by atoms with Gasteiger partial charge in [-0.15, -0.1) is 0 Å². The molecule has 0 saturated carbocycles. The number of hydrogen-bond donors (Lipinski definition) is 1. The number of hydrogen-bond acceptors (Lipinski definition) is 36. The van der Waals surface area contributed by atoms with Crippen molar-refractivity contribution in [2.24, 2.45) is 57.7 Å². The fraction of sp³-hybridized carbons (Fsp3) is 0.765. The van der Waals surface area contributed by atoms with E-state index < -0.39 is 228 Å². The number of nitrogens with zero attached hydrogens (tertiary/aromatic N) is 6. The molecule has 0 aliphatic carbocycles. The Hall–Kier alpha value is -7.54. The van der Waals surface area contributed by atoms with Crippen LogP contribution in [0.4, 0.5) is 9.59 Å². The zero-order valence-electron chi connectivity index (χ0n) is 87.4. The quantitative estimate of drug-likeness (QED) is 0.0285. The third kappa shape index (κ3) is 28.2. The monoisotopic (exact) mass is 2020 g/mol. The second-order valence-corrected chi connectivity index (χ2v) is 41.1. The number of methoxy groups -OCH3 is 4. The van der Waals surface area contributed by atoms with E-state index in [4.69, 9.17) is 148 Å². The molecule has 8 fully saturated rings. The minimum atomic E-state index is -1.47. The summed E-state index contributed by atoms with van der Waals surface area (Å²) in [5.41, 5.74) is -5.04. The van der Waals surface area contributed by atoms with E-state index in [0.29, 0.717) is 45.4 Å². The molecule has 788 valence electrons. The molecule has 2 aromatic rings. The smallest absolute Gasteiger partial charge is 0.458 e. The Morgan fingerprint density at radius 1 is 0.521 bits per heavy atom. The first-order valence-electron chi connectivity index (χ1n) is 48.7. The van der Waals surface area contributed by atoms with Crippen LogP contribution in [0.2, 0.25) is 10.0 Å². The van der Waals surface area contributed by atoms with Crippen molar-refractivity contribution in [2.45, 2.75) is 392 Å². The molecule has 0 amide bonds.